The summed E-state index contributed by atoms with van der Waals surface area (Å²) in [6, 6.07) is 11.3. The van der Waals surface area contributed by atoms with Crippen LogP contribution in [0.15, 0.2) is 42.6 Å². The van der Waals surface area contributed by atoms with Gasteiger partial charge in [-0.1, -0.05) is 52.0 Å². The normalized spacial score (nSPS) is 11.2. The van der Waals surface area contributed by atoms with E-state index in [0.29, 0.717) is 18.4 Å². The molecule has 4 heteroatoms. The van der Waals surface area contributed by atoms with E-state index < -0.39 is 5.97 Å². The van der Waals surface area contributed by atoms with Crippen LogP contribution in [0.4, 0.5) is 0 Å². The Morgan fingerprint density at radius 3 is 2.62 bits per heavy atom. The number of carboxylic acid groups (broad SMARTS) is 1. The van der Waals surface area contributed by atoms with Gasteiger partial charge < -0.3 is 9.84 Å². The number of carbonyl (C=O) groups is 1. The maximum atomic E-state index is 10.9. The van der Waals surface area contributed by atoms with Gasteiger partial charge in [-0.3, -0.25) is 0 Å². The molecule has 1 atom stereocenters. The Kier molecular flexibility index (Phi) is 8.55. The molecule has 1 N–H and O–H groups in total. The van der Waals surface area contributed by atoms with Gasteiger partial charge in [-0.2, -0.15) is 0 Å². The van der Waals surface area contributed by atoms with E-state index in [1.165, 1.54) is 29.5 Å². The van der Waals surface area contributed by atoms with Crippen LogP contribution in [0.5, 0.6) is 5.88 Å². The van der Waals surface area contributed by atoms with E-state index in [1.807, 2.05) is 19.9 Å². The van der Waals surface area contributed by atoms with Crippen molar-refractivity contribution >= 4 is 5.97 Å². The van der Waals surface area contributed by atoms with Gasteiger partial charge in [0.15, 0.2) is 0 Å². The lowest BCUT2D eigenvalue weighted by atomic mass is 9.92. The summed E-state index contributed by atoms with van der Waals surface area (Å²) in [7, 11) is 0. The van der Waals surface area contributed by atoms with Gasteiger partial charge in [-0.25, -0.2) is 9.78 Å². The Labute approximate surface area is 144 Å². The molecule has 0 aliphatic rings. The van der Waals surface area contributed by atoms with Crippen molar-refractivity contribution in [1.82, 2.24) is 4.98 Å². The van der Waals surface area contributed by atoms with E-state index in [-0.39, 0.29) is 5.56 Å². The first-order valence-corrected chi connectivity index (χ1v) is 8.51. The van der Waals surface area contributed by atoms with E-state index in [2.05, 4.69) is 37.0 Å². The first kappa shape index (κ1) is 19.7. The Morgan fingerprint density at radius 1 is 1.25 bits per heavy atom. The number of nitrogens with zero attached hydrogens (tertiary/aromatic N) is 1. The smallest absolute Gasteiger partial charge is 0.335 e. The molecule has 2 rings (SSSR count). The van der Waals surface area contributed by atoms with Gasteiger partial charge >= 0.3 is 5.97 Å². The SMILES string of the molecule is CC.CCC(C)c1ccccc1CCOc1cc(C(=O)O)ccn1. The average molecular weight is 329 g/mol. The number of hydrogen-bond acceptors (Lipinski definition) is 3. The van der Waals surface area contributed by atoms with Crippen LogP contribution >= 0.6 is 0 Å². The molecule has 0 saturated heterocycles. The number of ether oxygens (including phenoxy) is 1. The average Bonchev–Trinajstić information content (AvgIpc) is 2.63. The minimum Gasteiger partial charge on any atom is -0.478 e. The molecule has 0 spiro atoms. The molecule has 1 aromatic heterocycles. The van der Waals surface area contributed by atoms with Crippen molar-refractivity contribution in [1.29, 1.82) is 0 Å². The van der Waals surface area contributed by atoms with Gasteiger partial charge in [0.1, 0.15) is 0 Å². The van der Waals surface area contributed by atoms with Gasteiger partial charge in [0, 0.05) is 18.7 Å². The fourth-order valence-electron chi connectivity index (χ4n) is 2.35. The molecule has 1 unspecified atom stereocenters. The molecule has 0 amide bonds. The van der Waals surface area contributed by atoms with Gasteiger partial charge in [0.25, 0.3) is 0 Å². The lowest BCUT2D eigenvalue weighted by Crippen LogP contribution is -2.07. The zero-order chi connectivity index (χ0) is 17.9. The highest BCUT2D eigenvalue weighted by molar-refractivity contribution is 5.87. The minimum absolute atomic E-state index is 0.185. The lowest BCUT2D eigenvalue weighted by molar-refractivity contribution is 0.0696. The van der Waals surface area contributed by atoms with Crippen molar-refractivity contribution in [3.63, 3.8) is 0 Å². The summed E-state index contributed by atoms with van der Waals surface area (Å²) in [6.07, 6.45) is 3.32. The molecule has 0 saturated carbocycles. The van der Waals surface area contributed by atoms with Gasteiger partial charge in [0.05, 0.1) is 12.2 Å². The Hall–Kier alpha value is -2.36. The first-order valence-electron chi connectivity index (χ1n) is 8.51. The van der Waals surface area contributed by atoms with Crippen LogP contribution in [0.1, 0.15) is 61.5 Å². The summed E-state index contributed by atoms with van der Waals surface area (Å²) in [5.74, 6) is -0.111. The summed E-state index contributed by atoms with van der Waals surface area (Å²) < 4.78 is 5.59. The quantitative estimate of drug-likeness (QED) is 0.781. The van der Waals surface area contributed by atoms with Gasteiger partial charge in [-0.05, 0) is 29.5 Å². The Morgan fingerprint density at radius 2 is 1.96 bits per heavy atom. The van der Waals surface area contributed by atoms with Crippen molar-refractivity contribution in [3.8, 4) is 5.88 Å². The van der Waals surface area contributed by atoms with Gasteiger partial charge in [0.2, 0.25) is 5.88 Å². The fraction of sp³-hybridized carbons (Fsp3) is 0.400. The molecule has 0 bridgehead atoms. The summed E-state index contributed by atoms with van der Waals surface area (Å²) in [6.45, 7) is 8.88. The van der Waals surface area contributed by atoms with Crippen LogP contribution in [-0.4, -0.2) is 22.7 Å². The number of aromatic nitrogens is 1. The van der Waals surface area contributed by atoms with Crippen LogP contribution in [0.3, 0.4) is 0 Å². The second-order valence-electron chi connectivity index (χ2n) is 5.29. The highest BCUT2D eigenvalue weighted by Crippen LogP contribution is 2.23. The molecule has 0 radical (unpaired) electrons. The van der Waals surface area contributed by atoms with Crippen LogP contribution in [-0.2, 0) is 6.42 Å². The van der Waals surface area contributed by atoms with Crippen molar-refractivity contribution in [2.24, 2.45) is 0 Å². The van der Waals surface area contributed by atoms with Crippen molar-refractivity contribution in [2.45, 2.75) is 46.5 Å². The van der Waals surface area contributed by atoms with E-state index in [0.717, 1.165) is 12.8 Å². The molecule has 2 aromatic rings. The second kappa shape index (κ2) is 10.4. The number of pyridine rings is 1. The topological polar surface area (TPSA) is 59.4 Å². The third-order valence-corrected chi connectivity index (χ3v) is 3.80. The highest BCUT2D eigenvalue weighted by atomic mass is 16.5. The predicted octanol–water partition coefficient (Wildman–Crippen LogP) is 4.94. The number of rotatable bonds is 7. The number of benzene rings is 1. The van der Waals surface area contributed by atoms with E-state index in [9.17, 15) is 4.79 Å². The second-order valence-corrected chi connectivity index (χ2v) is 5.29. The monoisotopic (exact) mass is 329 g/mol. The fourth-order valence-corrected chi connectivity index (χ4v) is 2.35. The molecular weight excluding hydrogens is 302 g/mol. The minimum atomic E-state index is -0.977. The zero-order valence-corrected chi connectivity index (χ0v) is 15.0. The lowest BCUT2D eigenvalue weighted by Gasteiger charge is -2.15. The molecule has 4 nitrogen and oxygen atoms in total. The molecule has 0 aliphatic carbocycles. The zero-order valence-electron chi connectivity index (χ0n) is 15.0. The summed E-state index contributed by atoms with van der Waals surface area (Å²) in [4.78, 5) is 15.0. The standard InChI is InChI=1S/C18H21NO3.C2H6/c1-3-13(2)16-7-5-4-6-14(16)9-11-22-17-12-15(18(20)21)8-10-19-17;1-2/h4-8,10,12-13H,3,9,11H2,1-2H3,(H,20,21);1-2H3. The van der Waals surface area contributed by atoms with Crippen molar-refractivity contribution < 1.29 is 14.6 Å². The maximum Gasteiger partial charge on any atom is 0.335 e. The van der Waals surface area contributed by atoms with Crippen molar-refractivity contribution in [3.05, 3.63) is 59.3 Å². The molecule has 130 valence electrons. The molecule has 0 aliphatic heterocycles. The number of hydrogen-bond donors (Lipinski definition) is 1. The molecule has 1 heterocycles. The van der Waals surface area contributed by atoms with E-state index in [1.54, 1.807) is 0 Å². The summed E-state index contributed by atoms with van der Waals surface area (Å²) in [5, 5.41) is 8.95. The van der Waals surface area contributed by atoms with Gasteiger partial charge in [-0.15, -0.1) is 0 Å². The third-order valence-electron chi connectivity index (χ3n) is 3.80. The van der Waals surface area contributed by atoms with E-state index in [4.69, 9.17) is 9.84 Å². The molecule has 0 fully saturated rings. The van der Waals surface area contributed by atoms with Crippen molar-refractivity contribution in [2.75, 3.05) is 6.61 Å². The molecule has 24 heavy (non-hydrogen) atoms. The largest absolute Gasteiger partial charge is 0.478 e. The predicted molar refractivity (Wildman–Crippen MR) is 96.9 cm³/mol. The number of aromatic carboxylic acids is 1. The molecular formula is C20H27NO3. The third kappa shape index (κ3) is 5.69. The number of carboxylic acids is 1. The Balaban J connectivity index is 0.00000139. The summed E-state index contributed by atoms with van der Waals surface area (Å²) >= 11 is 0. The molecule has 1 aromatic carbocycles. The highest BCUT2D eigenvalue weighted by Gasteiger charge is 2.09. The van der Waals surface area contributed by atoms with Crippen LogP contribution < -0.4 is 4.74 Å². The summed E-state index contributed by atoms with van der Waals surface area (Å²) in [5.41, 5.74) is 2.80. The first-order chi connectivity index (χ1) is 11.6. The Bertz CT molecular complexity index is 640. The van der Waals surface area contributed by atoms with Crippen LogP contribution in [0, 0.1) is 0 Å². The van der Waals surface area contributed by atoms with Crippen LogP contribution in [0.25, 0.3) is 0 Å². The van der Waals surface area contributed by atoms with E-state index >= 15 is 0 Å². The van der Waals surface area contributed by atoms with Crippen LogP contribution in [0.2, 0.25) is 0 Å². The maximum absolute atomic E-state index is 10.9.